The monoisotopic (exact) mass is 357 g/mol. The van der Waals surface area contributed by atoms with Crippen molar-refractivity contribution in [2.45, 2.75) is 20.3 Å². The van der Waals surface area contributed by atoms with Crippen LogP contribution in [0, 0.1) is 6.92 Å². The largest absolute Gasteiger partial charge is 0.355 e. The average Bonchev–Trinajstić information content (AvgIpc) is 2.76. The van der Waals surface area contributed by atoms with Crippen LogP contribution in [0.1, 0.15) is 29.5 Å². The van der Waals surface area contributed by atoms with Crippen LogP contribution in [0.2, 0.25) is 5.02 Å². The predicted molar refractivity (Wildman–Crippen MR) is 94.4 cm³/mol. The molecule has 1 aliphatic heterocycles. The first kappa shape index (κ1) is 16.6. The Labute approximate surface area is 141 Å². The molecule has 0 aliphatic carbocycles. The van der Waals surface area contributed by atoms with Gasteiger partial charge in [0, 0.05) is 18.8 Å². The molecular weight excluding hydrogens is 338 g/mol. The molecule has 0 saturated carbocycles. The number of imidazole rings is 1. The van der Waals surface area contributed by atoms with Gasteiger partial charge in [0.1, 0.15) is 11.6 Å². The fourth-order valence-corrected chi connectivity index (χ4v) is 4.56. The van der Waals surface area contributed by atoms with Crippen molar-refractivity contribution >= 4 is 39.3 Å². The fraction of sp³-hybridized carbons (Fsp3) is 0.467. The predicted octanol–water partition coefficient (Wildman–Crippen LogP) is 3.46. The van der Waals surface area contributed by atoms with Gasteiger partial charge in [0.05, 0.1) is 28.1 Å². The summed E-state index contributed by atoms with van der Waals surface area (Å²) in [6.07, 6.45) is 2.36. The van der Waals surface area contributed by atoms with E-state index in [9.17, 15) is 13.9 Å². The van der Waals surface area contributed by atoms with Crippen LogP contribution in [0.4, 0.5) is 5.82 Å². The molecule has 1 saturated heterocycles. The second-order valence-corrected chi connectivity index (χ2v) is 8.69. The van der Waals surface area contributed by atoms with Crippen LogP contribution in [0.5, 0.6) is 0 Å². The third-order valence-electron chi connectivity index (χ3n) is 4.17. The summed E-state index contributed by atoms with van der Waals surface area (Å²) in [5.41, 5.74) is 1.28. The maximum absolute atomic E-state index is 12.1. The lowest BCUT2D eigenvalue weighted by Gasteiger charge is -2.31. The maximum atomic E-state index is 12.1. The van der Waals surface area contributed by atoms with Gasteiger partial charge in [-0.05, 0) is 26.3 Å². The van der Waals surface area contributed by atoms with E-state index in [2.05, 4.69) is 4.98 Å². The summed E-state index contributed by atoms with van der Waals surface area (Å²) in [6, 6.07) is 1.68. The molecule has 2 N–H and O–H groups in total. The van der Waals surface area contributed by atoms with E-state index in [0.29, 0.717) is 41.6 Å². The van der Waals surface area contributed by atoms with E-state index >= 15 is 0 Å². The van der Waals surface area contributed by atoms with E-state index in [1.807, 2.05) is 16.2 Å². The van der Waals surface area contributed by atoms with Crippen molar-refractivity contribution in [2.75, 3.05) is 29.5 Å². The number of ketones is 1. The summed E-state index contributed by atoms with van der Waals surface area (Å²) in [5.74, 6) is 2.12. The van der Waals surface area contributed by atoms with Gasteiger partial charge in [0.15, 0.2) is 5.78 Å². The van der Waals surface area contributed by atoms with Crippen molar-refractivity contribution in [1.29, 1.82) is 0 Å². The van der Waals surface area contributed by atoms with E-state index < -0.39 is 10.6 Å². The number of aromatic nitrogens is 2. The molecule has 1 fully saturated rings. The lowest BCUT2D eigenvalue weighted by Crippen LogP contribution is -2.30. The van der Waals surface area contributed by atoms with Gasteiger partial charge in [-0.2, -0.15) is 10.6 Å². The number of Topliss-reactive ketones (excluding diaryl/α,β-unsaturated/α-hetero) is 1. The Morgan fingerprint density at radius 2 is 2.09 bits per heavy atom. The smallest absolute Gasteiger partial charge is 0.163 e. The molecule has 0 aromatic carbocycles. The highest BCUT2D eigenvalue weighted by molar-refractivity contribution is 8.24. The van der Waals surface area contributed by atoms with Crippen LogP contribution in [-0.4, -0.2) is 48.9 Å². The van der Waals surface area contributed by atoms with Crippen LogP contribution < -0.4 is 4.90 Å². The molecule has 0 atom stereocenters. The number of hydrogen-bond acceptors (Lipinski definition) is 5. The summed E-state index contributed by atoms with van der Waals surface area (Å²) in [5, 5.41) is 0.485. The fourth-order valence-electron chi connectivity index (χ4n) is 3.01. The number of pyridine rings is 1. The highest BCUT2D eigenvalue weighted by Gasteiger charge is 2.25. The first-order valence-corrected chi connectivity index (χ1v) is 9.72. The summed E-state index contributed by atoms with van der Waals surface area (Å²) >= 11 is 6.30. The Morgan fingerprint density at radius 1 is 1.35 bits per heavy atom. The summed E-state index contributed by atoms with van der Waals surface area (Å²) < 4.78 is 21.8. The third-order valence-corrected chi connectivity index (χ3v) is 6.25. The number of carbonyl (C=O) groups is 1. The van der Waals surface area contributed by atoms with Crippen LogP contribution >= 0.6 is 22.2 Å². The standard InChI is InChI=1S/C15H20ClN3O3S/c1-10(20)12-8-13(16)14-9-17-11(2)19(14)15(12)18-4-3-6-23(21,22)7-5-18/h8-9,21-22H,3-7H2,1-2H3. The zero-order valence-electron chi connectivity index (χ0n) is 13.1. The number of anilines is 1. The number of nitrogens with zero attached hydrogens (tertiary/aromatic N) is 3. The first-order chi connectivity index (χ1) is 10.8. The van der Waals surface area contributed by atoms with Crippen LogP contribution in [-0.2, 0) is 0 Å². The lowest BCUT2D eigenvalue weighted by molar-refractivity contribution is 0.101. The zero-order chi connectivity index (χ0) is 16.8. The van der Waals surface area contributed by atoms with E-state index in [1.54, 1.807) is 12.3 Å². The van der Waals surface area contributed by atoms with Crippen molar-refractivity contribution < 1.29 is 13.9 Å². The molecule has 2 aromatic heterocycles. The lowest BCUT2D eigenvalue weighted by atomic mass is 10.1. The average molecular weight is 358 g/mol. The van der Waals surface area contributed by atoms with E-state index in [4.69, 9.17) is 11.6 Å². The van der Waals surface area contributed by atoms with Crippen molar-refractivity contribution in [3.8, 4) is 0 Å². The minimum Gasteiger partial charge on any atom is -0.355 e. The van der Waals surface area contributed by atoms with E-state index in [1.165, 1.54) is 6.92 Å². The Kier molecular flexibility index (Phi) is 4.31. The van der Waals surface area contributed by atoms with E-state index in [0.717, 1.165) is 17.2 Å². The molecular formula is C15H20ClN3O3S. The summed E-state index contributed by atoms with van der Waals surface area (Å²) in [6.45, 7) is 4.52. The van der Waals surface area contributed by atoms with E-state index in [-0.39, 0.29) is 5.78 Å². The number of fused-ring (bicyclic) bond motifs is 1. The molecule has 0 bridgehead atoms. The normalized spacial score (nSPS) is 19.6. The molecule has 3 heterocycles. The molecule has 2 aromatic rings. The van der Waals surface area contributed by atoms with Gasteiger partial charge in [-0.15, -0.1) is 0 Å². The molecule has 0 spiro atoms. The van der Waals surface area contributed by atoms with Gasteiger partial charge in [-0.25, -0.2) is 4.98 Å². The van der Waals surface area contributed by atoms with Gasteiger partial charge in [0.2, 0.25) is 0 Å². The Morgan fingerprint density at radius 3 is 2.78 bits per heavy atom. The molecule has 3 rings (SSSR count). The van der Waals surface area contributed by atoms with Crippen molar-refractivity contribution in [3.05, 3.63) is 28.7 Å². The van der Waals surface area contributed by atoms with Crippen LogP contribution in [0.25, 0.3) is 5.52 Å². The molecule has 1 aliphatic rings. The highest BCUT2D eigenvalue weighted by Crippen LogP contribution is 2.41. The van der Waals surface area contributed by atoms with Gasteiger partial charge in [0.25, 0.3) is 0 Å². The minimum absolute atomic E-state index is 0.0762. The number of rotatable bonds is 2. The number of hydrogen-bond donors (Lipinski definition) is 2. The quantitative estimate of drug-likeness (QED) is 0.805. The highest BCUT2D eigenvalue weighted by atomic mass is 35.5. The second-order valence-electron chi connectivity index (χ2n) is 5.86. The summed E-state index contributed by atoms with van der Waals surface area (Å²) in [4.78, 5) is 18.5. The second kappa shape index (κ2) is 5.98. The number of carbonyl (C=O) groups excluding carboxylic acids is 1. The number of aryl methyl sites for hydroxylation is 1. The van der Waals surface area contributed by atoms with Crippen molar-refractivity contribution in [2.24, 2.45) is 0 Å². The Bertz CT molecular complexity index is 775. The Hall–Kier alpha value is -1.28. The zero-order valence-corrected chi connectivity index (χ0v) is 14.7. The minimum atomic E-state index is -2.53. The Balaban J connectivity index is 2.18. The topological polar surface area (TPSA) is 78.1 Å². The summed E-state index contributed by atoms with van der Waals surface area (Å²) in [7, 11) is -2.53. The van der Waals surface area contributed by atoms with Gasteiger partial charge < -0.3 is 4.90 Å². The van der Waals surface area contributed by atoms with Crippen LogP contribution in [0.3, 0.4) is 0 Å². The molecule has 0 amide bonds. The molecule has 0 radical (unpaired) electrons. The SMILES string of the molecule is CC(=O)c1cc(Cl)c2cnc(C)n2c1N1CCCS(O)(O)CC1. The molecule has 23 heavy (non-hydrogen) atoms. The van der Waals surface area contributed by atoms with Gasteiger partial charge >= 0.3 is 0 Å². The third kappa shape index (κ3) is 3.06. The first-order valence-electron chi connectivity index (χ1n) is 7.46. The molecule has 6 nitrogen and oxygen atoms in total. The molecule has 8 heteroatoms. The molecule has 0 unspecified atom stereocenters. The van der Waals surface area contributed by atoms with Crippen LogP contribution in [0.15, 0.2) is 12.3 Å². The van der Waals surface area contributed by atoms with Gasteiger partial charge in [-0.1, -0.05) is 11.6 Å². The van der Waals surface area contributed by atoms with Crippen molar-refractivity contribution in [3.63, 3.8) is 0 Å². The van der Waals surface area contributed by atoms with Crippen molar-refractivity contribution in [1.82, 2.24) is 9.38 Å². The number of halogens is 1. The molecule has 126 valence electrons. The maximum Gasteiger partial charge on any atom is 0.163 e. The van der Waals surface area contributed by atoms with Gasteiger partial charge in [-0.3, -0.25) is 18.3 Å².